The largest absolute Gasteiger partial charge is 0.496 e. The lowest BCUT2D eigenvalue weighted by Gasteiger charge is -2.13. The minimum absolute atomic E-state index is 0.404. The number of hydrogen-bond acceptors (Lipinski definition) is 3. The second-order valence-electron chi connectivity index (χ2n) is 4.18. The summed E-state index contributed by atoms with van der Waals surface area (Å²) in [6.07, 6.45) is 0. The Bertz CT molecular complexity index is 459. The minimum Gasteiger partial charge on any atom is -0.496 e. The van der Waals surface area contributed by atoms with Crippen LogP contribution in [0.1, 0.15) is 28.4 Å². The van der Waals surface area contributed by atoms with Crippen LogP contribution in [0, 0.1) is 13.8 Å². The van der Waals surface area contributed by atoms with E-state index in [4.69, 9.17) is 9.84 Å². The molecule has 0 bridgehead atoms. The topological polar surface area (TPSA) is 75.6 Å². The van der Waals surface area contributed by atoms with E-state index in [0.29, 0.717) is 5.56 Å². The third-order valence-electron chi connectivity index (χ3n) is 2.64. The van der Waals surface area contributed by atoms with Crippen LogP contribution in [0.4, 0.5) is 0 Å². The standard InChI is InChI=1S/C13H17NO4/c1-7-5-10(6-8(2)11(7)18-4)12(15)14-9(3)13(16)17/h5-6,9H,1-4H3,(H,14,15)(H,16,17). The fourth-order valence-electron chi connectivity index (χ4n) is 1.75. The lowest BCUT2D eigenvalue weighted by atomic mass is 10.0. The quantitative estimate of drug-likeness (QED) is 0.850. The van der Waals surface area contributed by atoms with Gasteiger partial charge in [0.2, 0.25) is 0 Å². The van der Waals surface area contributed by atoms with Gasteiger partial charge in [-0.25, -0.2) is 0 Å². The van der Waals surface area contributed by atoms with Crippen LogP contribution >= 0.6 is 0 Å². The lowest BCUT2D eigenvalue weighted by molar-refractivity contribution is -0.138. The summed E-state index contributed by atoms with van der Waals surface area (Å²) < 4.78 is 5.20. The Morgan fingerprint density at radius 2 is 1.78 bits per heavy atom. The molecule has 0 aliphatic carbocycles. The smallest absolute Gasteiger partial charge is 0.325 e. The second kappa shape index (κ2) is 5.53. The van der Waals surface area contributed by atoms with Crippen LogP contribution in [0.2, 0.25) is 0 Å². The van der Waals surface area contributed by atoms with Crippen LogP contribution in [-0.4, -0.2) is 30.1 Å². The molecule has 5 heteroatoms. The maximum absolute atomic E-state index is 11.8. The van der Waals surface area contributed by atoms with Gasteiger partial charge in [0, 0.05) is 5.56 Å². The van der Waals surface area contributed by atoms with Crippen LogP contribution in [0.5, 0.6) is 5.75 Å². The van der Waals surface area contributed by atoms with E-state index in [-0.39, 0.29) is 0 Å². The number of benzene rings is 1. The Kier molecular flexibility index (Phi) is 4.31. The summed E-state index contributed by atoms with van der Waals surface area (Å²) in [5, 5.41) is 11.1. The Balaban J connectivity index is 2.97. The molecule has 1 amide bonds. The van der Waals surface area contributed by atoms with E-state index in [1.54, 1.807) is 19.2 Å². The first kappa shape index (κ1) is 14.0. The van der Waals surface area contributed by atoms with Gasteiger partial charge in [-0.2, -0.15) is 0 Å². The molecule has 0 aromatic heterocycles. The van der Waals surface area contributed by atoms with Gasteiger partial charge in [-0.1, -0.05) is 0 Å². The molecule has 1 aromatic rings. The first-order valence-electron chi connectivity index (χ1n) is 5.55. The van der Waals surface area contributed by atoms with E-state index in [1.165, 1.54) is 6.92 Å². The molecule has 0 spiro atoms. The van der Waals surface area contributed by atoms with Crippen molar-refractivity contribution in [2.75, 3.05) is 7.11 Å². The molecule has 0 heterocycles. The monoisotopic (exact) mass is 251 g/mol. The van der Waals surface area contributed by atoms with Crippen molar-refractivity contribution in [2.45, 2.75) is 26.8 Å². The zero-order valence-electron chi connectivity index (χ0n) is 10.9. The van der Waals surface area contributed by atoms with Gasteiger partial charge in [-0.05, 0) is 44.0 Å². The first-order chi connectivity index (χ1) is 8.36. The third kappa shape index (κ3) is 3.00. The number of hydrogen-bond donors (Lipinski definition) is 2. The summed E-state index contributed by atoms with van der Waals surface area (Å²) in [5.74, 6) is -0.734. The third-order valence-corrected chi connectivity index (χ3v) is 2.64. The normalized spacial score (nSPS) is 11.8. The van der Waals surface area contributed by atoms with Gasteiger partial charge in [-0.15, -0.1) is 0 Å². The fourth-order valence-corrected chi connectivity index (χ4v) is 1.75. The van der Waals surface area contributed by atoms with Crippen molar-refractivity contribution in [1.29, 1.82) is 0 Å². The van der Waals surface area contributed by atoms with Gasteiger partial charge in [0.15, 0.2) is 0 Å². The van der Waals surface area contributed by atoms with Crippen molar-refractivity contribution in [1.82, 2.24) is 5.32 Å². The van der Waals surface area contributed by atoms with Crippen LogP contribution in [0.25, 0.3) is 0 Å². The summed E-state index contributed by atoms with van der Waals surface area (Å²) in [5.41, 5.74) is 2.11. The first-order valence-corrected chi connectivity index (χ1v) is 5.55. The van der Waals surface area contributed by atoms with E-state index in [1.807, 2.05) is 13.8 Å². The molecule has 0 fully saturated rings. The number of nitrogens with one attached hydrogen (secondary N) is 1. The maximum Gasteiger partial charge on any atom is 0.325 e. The Morgan fingerprint density at radius 3 is 2.17 bits per heavy atom. The van der Waals surface area contributed by atoms with E-state index in [0.717, 1.165) is 16.9 Å². The molecule has 18 heavy (non-hydrogen) atoms. The summed E-state index contributed by atoms with van der Waals surface area (Å²) in [6.45, 7) is 5.09. The number of carbonyl (C=O) groups is 2. The van der Waals surface area contributed by atoms with Gasteiger partial charge in [0.05, 0.1) is 7.11 Å². The number of aliphatic carboxylic acids is 1. The molecule has 5 nitrogen and oxygen atoms in total. The molecule has 0 aliphatic rings. The molecule has 0 aliphatic heterocycles. The van der Waals surface area contributed by atoms with Crippen LogP contribution < -0.4 is 10.1 Å². The van der Waals surface area contributed by atoms with Gasteiger partial charge in [-0.3, -0.25) is 9.59 Å². The number of aryl methyl sites for hydroxylation is 2. The van der Waals surface area contributed by atoms with Crippen molar-refractivity contribution in [3.05, 3.63) is 28.8 Å². The summed E-state index contributed by atoms with van der Waals surface area (Å²) >= 11 is 0. The lowest BCUT2D eigenvalue weighted by Crippen LogP contribution is -2.38. The van der Waals surface area contributed by atoms with Gasteiger partial charge >= 0.3 is 5.97 Å². The molecule has 1 atom stereocenters. The zero-order valence-corrected chi connectivity index (χ0v) is 10.9. The fraction of sp³-hybridized carbons (Fsp3) is 0.385. The highest BCUT2D eigenvalue weighted by Gasteiger charge is 2.16. The maximum atomic E-state index is 11.8. The zero-order chi connectivity index (χ0) is 13.9. The van der Waals surface area contributed by atoms with Crippen LogP contribution in [0.3, 0.4) is 0 Å². The average Bonchev–Trinajstić information content (AvgIpc) is 2.28. The van der Waals surface area contributed by atoms with Crippen molar-refractivity contribution in [3.63, 3.8) is 0 Å². The molecular weight excluding hydrogens is 234 g/mol. The van der Waals surface area contributed by atoms with E-state index in [2.05, 4.69) is 5.32 Å². The number of carboxylic acids is 1. The summed E-state index contributed by atoms with van der Waals surface area (Å²) in [7, 11) is 1.57. The number of methoxy groups -OCH3 is 1. The van der Waals surface area contributed by atoms with Gasteiger partial charge in [0.1, 0.15) is 11.8 Å². The Morgan fingerprint density at radius 1 is 1.28 bits per heavy atom. The molecule has 1 unspecified atom stereocenters. The summed E-state index contributed by atoms with van der Waals surface area (Å²) in [6, 6.07) is 2.44. The van der Waals surface area contributed by atoms with Gasteiger partial charge in [0.25, 0.3) is 5.91 Å². The van der Waals surface area contributed by atoms with Crippen LogP contribution in [-0.2, 0) is 4.79 Å². The van der Waals surface area contributed by atoms with E-state index >= 15 is 0 Å². The second-order valence-corrected chi connectivity index (χ2v) is 4.18. The Labute approximate surface area is 106 Å². The van der Waals surface area contributed by atoms with E-state index < -0.39 is 17.9 Å². The van der Waals surface area contributed by atoms with Crippen molar-refractivity contribution < 1.29 is 19.4 Å². The molecule has 98 valence electrons. The highest BCUT2D eigenvalue weighted by molar-refractivity contribution is 5.97. The molecule has 2 N–H and O–H groups in total. The number of ether oxygens (including phenoxy) is 1. The average molecular weight is 251 g/mol. The number of carboxylic acid groups (broad SMARTS) is 1. The molecule has 0 saturated heterocycles. The molecule has 0 saturated carbocycles. The predicted octanol–water partition coefficient (Wildman–Crippen LogP) is 1.51. The van der Waals surface area contributed by atoms with Crippen LogP contribution in [0.15, 0.2) is 12.1 Å². The SMILES string of the molecule is COc1c(C)cc(C(=O)NC(C)C(=O)O)cc1C. The Hall–Kier alpha value is -2.04. The molecule has 1 aromatic carbocycles. The molecular formula is C13H17NO4. The van der Waals surface area contributed by atoms with E-state index in [9.17, 15) is 9.59 Å². The van der Waals surface area contributed by atoms with Crippen molar-refractivity contribution >= 4 is 11.9 Å². The van der Waals surface area contributed by atoms with Gasteiger partial charge < -0.3 is 15.2 Å². The molecule has 0 radical (unpaired) electrons. The number of carbonyl (C=O) groups excluding carboxylic acids is 1. The number of amides is 1. The summed E-state index contributed by atoms with van der Waals surface area (Å²) in [4.78, 5) is 22.5. The predicted molar refractivity (Wildman–Crippen MR) is 67.0 cm³/mol. The van der Waals surface area contributed by atoms with Crippen molar-refractivity contribution in [3.8, 4) is 5.75 Å². The minimum atomic E-state index is -1.06. The van der Waals surface area contributed by atoms with Crippen molar-refractivity contribution in [2.24, 2.45) is 0 Å². The molecule has 1 rings (SSSR count). The highest BCUT2D eigenvalue weighted by atomic mass is 16.5. The highest BCUT2D eigenvalue weighted by Crippen LogP contribution is 2.24. The number of rotatable bonds is 4.